The quantitative estimate of drug-likeness (QED) is 0.592. The lowest BCUT2D eigenvalue weighted by Gasteiger charge is -2.25. The molecule has 2 aliphatic heterocycles. The van der Waals surface area contributed by atoms with Crippen molar-refractivity contribution in [3.8, 4) is 0 Å². The van der Waals surface area contributed by atoms with E-state index in [0.717, 1.165) is 29.7 Å². The van der Waals surface area contributed by atoms with Crippen molar-refractivity contribution in [3.05, 3.63) is 101 Å². The van der Waals surface area contributed by atoms with Crippen LogP contribution < -0.4 is 5.32 Å². The number of likely N-dealkylation sites (tertiary alicyclic amines) is 1. The highest BCUT2D eigenvalue weighted by molar-refractivity contribution is 6.05. The van der Waals surface area contributed by atoms with E-state index < -0.39 is 0 Å². The Morgan fingerprint density at radius 2 is 1.85 bits per heavy atom. The summed E-state index contributed by atoms with van der Waals surface area (Å²) in [6.45, 7) is 1.32. The van der Waals surface area contributed by atoms with Crippen LogP contribution in [0.2, 0.25) is 0 Å². The van der Waals surface area contributed by atoms with E-state index in [1.54, 1.807) is 18.2 Å². The minimum Gasteiger partial charge on any atom is -0.454 e. The zero-order valence-electron chi connectivity index (χ0n) is 18.1. The molecule has 0 saturated carbocycles. The lowest BCUT2D eigenvalue weighted by atomic mass is 9.93. The summed E-state index contributed by atoms with van der Waals surface area (Å²) in [5, 5.41) is 2.94. The number of cyclic esters (lactones) is 1. The third-order valence-electron chi connectivity index (χ3n) is 6.14. The van der Waals surface area contributed by atoms with Crippen molar-refractivity contribution in [1.29, 1.82) is 0 Å². The van der Waals surface area contributed by atoms with Gasteiger partial charge in [0.2, 0.25) is 5.91 Å². The smallest absolute Gasteiger partial charge is 0.339 e. The number of amides is 2. The third kappa shape index (κ3) is 4.51. The van der Waals surface area contributed by atoms with E-state index in [9.17, 15) is 14.4 Å². The predicted molar refractivity (Wildman–Crippen MR) is 124 cm³/mol. The Bertz CT molecular complexity index is 1220. The minimum atomic E-state index is -0.374. The van der Waals surface area contributed by atoms with Gasteiger partial charge in [-0.15, -0.1) is 0 Å². The van der Waals surface area contributed by atoms with E-state index in [-0.39, 0.29) is 23.9 Å². The Balaban J connectivity index is 1.31. The molecule has 3 aromatic rings. The van der Waals surface area contributed by atoms with Crippen molar-refractivity contribution >= 4 is 23.5 Å². The van der Waals surface area contributed by atoms with E-state index in [1.165, 1.54) is 0 Å². The first-order valence-electron chi connectivity index (χ1n) is 11.1. The number of fused-ring (bicyclic) bond motifs is 1. The van der Waals surface area contributed by atoms with E-state index in [1.807, 2.05) is 59.5 Å². The van der Waals surface area contributed by atoms with Crippen molar-refractivity contribution in [1.82, 2.24) is 4.90 Å². The van der Waals surface area contributed by atoms with Crippen LogP contribution in [0.25, 0.3) is 0 Å². The summed E-state index contributed by atoms with van der Waals surface area (Å²) in [7, 11) is 0. The van der Waals surface area contributed by atoms with Crippen LogP contribution in [-0.2, 0) is 22.5 Å². The molecular weight excluding hydrogens is 416 g/mol. The molecule has 166 valence electrons. The summed E-state index contributed by atoms with van der Waals surface area (Å²) < 4.78 is 5.60. The van der Waals surface area contributed by atoms with Crippen LogP contribution in [0.1, 0.15) is 56.4 Å². The fourth-order valence-corrected chi connectivity index (χ4v) is 4.43. The Kier molecular flexibility index (Phi) is 5.65. The number of rotatable bonds is 5. The Hall–Kier alpha value is -3.93. The number of hydrogen-bond donors (Lipinski definition) is 1. The summed E-state index contributed by atoms with van der Waals surface area (Å²) >= 11 is 0. The van der Waals surface area contributed by atoms with E-state index >= 15 is 0 Å². The van der Waals surface area contributed by atoms with Gasteiger partial charge in [0, 0.05) is 37.2 Å². The van der Waals surface area contributed by atoms with Crippen molar-refractivity contribution < 1.29 is 19.1 Å². The van der Waals surface area contributed by atoms with E-state index in [2.05, 4.69) is 5.32 Å². The van der Waals surface area contributed by atoms with Crippen molar-refractivity contribution in [2.75, 3.05) is 11.9 Å². The predicted octanol–water partition coefficient (Wildman–Crippen LogP) is 4.52. The summed E-state index contributed by atoms with van der Waals surface area (Å²) in [4.78, 5) is 39.2. The fourth-order valence-electron chi connectivity index (χ4n) is 4.43. The number of ether oxygens (including phenoxy) is 1. The van der Waals surface area contributed by atoms with Crippen LogP contribution in [-0.4, -0.2) is 29.2 Å². The summed E-state index contributed by atoms with van der Waals surface area (Å²) in [5.74, 6) is -0.450. The molecule has 6 nitrogen and oxygen atoms in total. The van der Waals surface area contributed by atoms with Gasteiger partial charge in [0.25, 0.3) is 5.91 Å². The van der Waals surface area contributed by atoms with Crippen molar-refractivity contribution in [3.63, 3.8) is 0 Å². The monoisotopic (exact) mass is 440 g/mol. The van der Waals surface area contributed by atoms with Gasteiger partial charge in [0.1, 0.15) is 6.10 Å². The van der Waals surface area contributed by atoms with Crippen LogP contribution in [0.4, 0.5) is 5.69 Å². The summed E-state index contributed by atoms with van der Waals surface area (Å²) in [6, 6.07) is 22.2. The van der Waals surface area contributed by atoms with Crippen LogP contribution in [0.5, 0.6) is 0 Å². The number of carbonyl (C=O) groups excluding carboxylic acids is 3. The highest BCUT2D eigenvalue weighted by atomic mass is 16.5. The summed E-state index contributed by atoms with van der Waals surface area (Å²) in [6.07, 6.45) is 1.65. The molecule has 0 radical (unpaired) electrons. The second-order valence-electron chi connectivity index (χ2n) is 8.45. The topological polar surface area (TPSA) is 75.7 Å². The maximum Gasteiger partial charge on any atom is 0.339 e. The molecule has 6 heteroatoms. The summed E-state index contributed by atoms with van der Waals surface area (Å²) in [5.41, 5.74) is 4.35. The van der Waals surface area contributed by atoms with Gasteiger partial charge >= 0.3 is 5.97 Å². The number of hydrogen-bond acceptors (Lipinski definition) is 4. The molecule has 0 unspecified atom stereocenters. The standard InChI is InChI=1S/C27H24N2O4/c30-25-10-5-13-29(25)17-18-6-4-9-22(14-18)28-26(31)20-11-12-23-21(15-20)16-24(33-27(23)32)19-7-2-1-3-8-19/h1-4,6-9,11-12,14-15,24H,5,10,13,16-17H2,(H,28,31)/t24-/m0/s1. The lowest BCUT2D eigenvalue weighted by molar-refractivity contribution is -0.128. The van der Waals surface area contributed by atoms with Gasteiger partial charge in [-0.05, 0) is 53.4 Å². The molecule has 1 atom stereocenters. The highest BCUT2D eigenvalue weighted by Gasteiger charge is 2.28. The first-order chi connectivity index (χ1) is 16.1. The zero-order valence-corrected chi connectivity index (χ0v) is 18.1. The molecule has 0 aliphatic carbocycles. The van der Waals surface area contributed by atoms with Gasteiger partial charge in [-0.2, -0.15) is 0 Å². The Morgan fingerprint density at radius 1 is 1.00 bits per heavy atom. The maximum atomic E-state index is 12.9. The molecule has 1 N–H and O–H groups in total. The average Bonchev–Trinajstić information content (AvgIpc) is 3.23. The fraction of sp³-hybridized carbons (Fsp3) is 0.222. The molecule has 5 rings (SSSR count). The first kappa shape index (κ1) is 20.9. The number of nitrogens with one attached hydrogen (secondary N) is 1. The number of benzene rings is 3. The van der Waals surface area contributed by atoms with Crippen LogP contribution in [0.3, 0.4) is 0 Å². The molecule has 2 amide bonds. The average molecular weight is 440 g/mol. The molecular formula is C27H24N2O4. The third-order valence-corrected chi connectivity index (χ3v) is 6.14. The van der Waals surface area contributed by atoms with Crippen molar-refractivity contribution in [2.45, 2.75) is 31.9 Å². The van der Waals surface area contributed by atoms with Gasteiger partial charge in [-0.1, -0.05) is 42.5 Å². The molecule has 0 spiro atoms. The second-order valence-corrected chi connectivity index (χ2v) is 8.45. The molecule has 0 aromatic heterocycles. The molecule has 33 heavy (non-hydrogen) atoms. The Labute approximate surface area is 192 Å². The van der Waals surface area contributed by atoms with E-state index in [4.69, 9.17) is 4.74 Å². The number of anilines is 1. The largest absolute Gasteiger partial charge is 0.454 e. The SMILES string of the molecule is O=C(Nc1cccc(CN2CCCC2=O)c1)c1ccc2c(c1)C[C@@H](c1ccccc1)OC2=O. The molecule has 2 aliphatic rings. The number of carbonyl (C=O) groups is 3. The lowest BCUT2D eigenvalue weighted by Crippen LogP contribution is -2.24. The number of esters is 1. The second kappa shape index (κ2) is 8.90. The zero-order chi connectivity index (χ0) is 22.8. The molecule has 0 bridgehead atoms. The van der Waals surface area contributed by atoms with Crippen LogP contribution >= 0.6 is 0 Å². The van der Waals surface area contributed by atoms with Crippen LogP contribution in [0.15, 0.2) is 72.8 Å². The van der Waals surface area contributed by atoms with Crippen LogP contribution in [0, 0.1) is 0 Å². The molecule has 2 heterocycles. The van der Waals surface area contributed by atoms with Gasteiger partial charge in [-0.3, -0.25) is 9.59 Å². The number of nitrogens with zero attached hydrogens (tertiary/aromatic N) is 1. The molecule has 1 saturated heterocycles. The first-order valence-corrected chi connectivity index (χ1v) is 11.1. The van der Waals surface area contributed by atoms with Crippen molar-refractivity contribution in [2.24, 2.45) is 0 Å². The van der Waals surface area contributed by atoms with Gasteiger partial charge in [0.05, 0.1) is 5.56 Å². The molecule has 3 aromatic carbocycles. The minimum absolute atomic E-state index is 0.172. The maximum absolute atomic E-state index is 12.9. The Morgan fingerprint density at radius 3 is 2.64 bits per heavy atom. The van der Waals surface area contributed by atoms with Gasteiger partial charge in [-0.25, -0.2) is 4.79 Å². The normalized spacial score (nSPS) is 17.5. The van der Waals surface area contributed by atoms with Gasteiger partial charge in [0.15, 0.2) is 0 Å². The highest BCUT2D eigenvalue weighted by Crippen LogP contribution is 2.31. The van der Waals surface area contributed by atoms with Gasteiger partial charge < -0.3 is 15.0 Å². The molecule has 1 fully saturated rings. The van der Waals surface area contributed by atoms with E-state index in [0.29, 0.717) is 36.2 Å².